The summed E-state index contributed by atoms with van der Waals surface area (Å²) in [5, 5.41) is 13.6. The predicted molar refractivity (Wildman–Crippen MR) is 71.3 cm³/mol. The van der Waals surface area contributed by atoms with Crippen LogP contribution in [-0.2, 0) is 7.05 Å². The lowest BCUT2D eigenvalue weighted by Gasteiger charge is -2.21. The highest BCUT2D eigenvalue weighted by molar-refractivity contribution is 5.92. The first-order valence-corrected chi connectivity index (χ1v) is 6.68. The summed E-state index contributed by atoms with van der Waals surface area (Å²) >= 11 is 0. The molecule has 2 atom stereocenters. The molecule has 0 aromatic carbocycles. The quantitative estimate of drug-likeness (QED) is 0.867. The molecule has 20 heavy (non-hydrogen) atoms. The summed E-state index contributed by atoms with van der Waals surface area (Å²) in [6.07, 6.45) is 7.84. The lowest BCUT2D eigenvalue weighted by Crippen LogP contribution is -2.43. The number of aromatic amines is 1. The molecule has 0 unspecified atom stereocenters. The molecule has 0 spiro atoms. The smallest absolute Gasteiger partial charge is 0.269 e. The van der Waals surface area contributed by atoms with Crippen molar-refractivity contribution in [1.29, 1.82) is 0 Å². The molecule has 2 aromatic heterocycles. The van der Waals surface area contributed by atoms with E-state index in [1.54, 1.807) is 36.4 Å². The van der Waals surface area contributed by atoms with Gasteiger partial charge in [0.05, 0.1) is 18.4 Å². The summed E-state index contributed by atoms with van der Waals surface area (Å²) in [6.45, 7) is 0. The number of H-pyrrole nitrogens is 1. The van der Waals surface area contributed by atoms with E-state index in [4.69, 9.17) is 4.74 Å². The first-order valence-electron chi connectivity index (χ1n) is 6.68. The Morgan fingerprint density at radius 2 is 2.45 bits per heavy atom. The number of hydrogen-bond donors (Lipinski definition) is 2. The predicted octanol–water partition coefficient (Wildman–Crippen LogP) is 0.873. The fourth-order valence-corrected chi connectivity index (χ4v) is 2.55. The number of hydrogen-bond acceptors (Lipinski definition) is 4. The van der Waals surface area contributed by atoms with Gasteiger partial charge < -0.3 is 10.1 Å². The van der Waals surface area contributed by atoms with E-state index in [-0.39, 0.29) is 18.1 Å². The van der Waals surface area contributed by atoms with Crippen molar-refractivity contribution < 1.29 is 9.53 Å². The Bertz CT molecular complexity index is 577. The van der Waals surface area contributed by atoms with Crippen molar-refractivity contribution in [2.24, 2.45) is 7.05 Å². The molecule has 0 saturated heterocycles. The molecule has 1 fully saturated rings. The largest absolute Gasteiger partial charge is 0.485 e. The Kier molecular flexibility index (Phi) is 3.41. The van der Waals surface area contributed by atoms with Gasteiger partial charge >= 0.3 is 0 Å². The van der Waals surface area contributed by atoms with Gasteiger partial charge in [-0.3, -0.25) is 14.6 Å². The van der Waals surface area contributed by atoms with Crippen molar-refractivity contribution >= 4 is 5.91 Å². The molecule has 7 heteroatoms. The second kappa shape index (κ2) is 5.36. The van der Waals surface area contributed by atoms with E-state index in [9.17, 15) is 4.79 Å². The Morgan fingerprint density at radius 3 is 3.15 bits per heavy atom. The number of carbonyl (C=O) groups is 1. The Hall–Kier alpha value is -2.31. The monoisotopic (exact) mass is 275 g/mol. The van der Waals surface area contributed by atoms with E-state index >= 15 is 0 Å². The van der Waals surface area contributed by atoms with Gasteiger partial charge in [0.2, 0.25) is 0 Å². The molecule has 1 aliphatic carbocycles. The number of aryl methyl sites for hydroxylation is 1. The van der Waals surface area contributed by atoms with Gasteiger partial charge in [0, 0.05) is 13.2 Å². The van der Waals surface area contributed by atoms with Crippen molar-refractivity contribution in [3.05, 3.63) is 30.4 Å². The molecule has 0 bridgehead atoms. The topological polar surface area (TPSA) is 84.8 Å². The normalized spacial score (nSPS) is 21.9. The van der Waals surface area contributed by atoms with Gasteiger partial charge in [-0.1, -0.05) is 0 Å². The van der Waals surface area contributed by atoms with Crippen molar-refractivity contribution in [3.63, 3.8) is 0 Å². The van der Waals surface area contributed by atoms with Crippen LogP contribution in [-0.4, -0.2) is 38.0 Å². The zero-order valence-electron chi connectivity index (χ0n) is 11.2. The molecule has 1 amide bonds. The van der Waals surface area contributed by atoms with E-state index in [1.807, 2.05) is 0 Å². The van der Waals surface area contributed by atoms with Crippen molar-refractivity contribution in [1.82, 2.24) is 25.3 Å². The van der Waals surface area contributed by atoms with Crippen molar-refractivity contribution in [2.45, 2.75) is 31.4 Å². The van der Waals surface area contributed by atoms with E-state index in [1.165, 1.54) is 0 Å². The van der Waals surface area contributed by atoms with E-state index in [2.05, 4.69) is 20.6 Å². The van der Waals surface area contributed by atoms with E-state index in [0.717, 1.165) is 19.3 Å². The fraction of sp³-hybridized carbons (Fsp3) is 0.462. The Morgan fingerprint density at radius 1 is 1.55 bits per heavy atom. The van der Waals surface area contributed by atoms with Crippen LogP contribution in [0.25, 0.3) is 0 Å². The third-order valence-corrected chi connectivity index (χ3v) is 3.58. The van der Waals surface area contributed by atoms with Gasteiger partial charge in [-0.25, -0.2) is 0 Å². The maximum atomic E-state index is 12.2. The van der Waals surface area contributed by atoms with Gasteiger partial charge in [0.1, 0.15) is 11.8 Å². The first-order chi connectivity index (χ1) is 9.74. The fourth-order valence-electron chi connectivity index (χ4n) is 2.55. The lowest BCUT2D eigenvalue weighted by atomic mass is 10.2. The van der Waals surface area contributed by atoms with Crippen LogP contribution in [0.5, 0.6) is 5.75 Å². The molecular formula is C13H17N5O2. The maximum Gasteiger partial charge on any atom is 0.269 e. The molecule has 2 heterocycles. The van der Waals surface area contributed by atoms with Crippen LogP contribution < -0.4 is 10.1 Å². The molecule has 1 aliphatic rings. The van der Waals surface area contributed by atoms with Gasteiger partial charge in [0.15, 0.2) is 5.75 Å². The zero-order valence-corrected chi connectivity index (χ0v) is 11.2. The van der Waals surface area contributed by atoms with Crippen LogP contribution in [0, 0.1) is 0 Å². The van der Waals surface area contributed by atoms with Gasteiger partial charge in [-0.05, 0) is 25.3 Å². The van der Waals surface area contributed by atoms with Crippen LogP contribution in [0.2, 0.25) is 0 Å². The Balaban J connectivity index is 1.64. The van der Waals surface area contributed by atoms with Crippen LogP contribution in [0.15, 0.2) is 24.7 Å². The third-order valence-electron chi connectivity index (χ3n) is 3.58. The SMILES string of the molecule is Cn1nccc1C(=O)N[C@H]1CCC[C@H]1Oc1cn[nH]c1. The number of nitrogens with zero attached hydrogens (tertiary/aromatic N) is 3. The molecule has 0 radical (unpaired) electrons. The third kappa shape index (κ3) is 2.52. The summed E-state index contributed by atoms with van der Waals surface area (Å²) < 4.78 is 7.41. The number of amides is 1. The second-order valence-corrected chi connectivity index (χ2v) is 4.94. The average molecular weight is 275 g/mol. The molecule has 3 rings (SSSR count). The zero-order chi connectivity index (χ0) is 13.9. The lowest BCUT2D eigenvalue weighted by molar-refractivity contribution is 0.0884. The minimum atomic E-state index is -0.113. The first kappa shape index (κ1) is 12.7. The highest BCUT2D eigenvalue weighted by Gasteiger charge is 2.31. The van der Waals surface area contributed by atoms with Crippen molar-refractivity contribution in [3.8, 4) is 5.75 Å². The van der Waals surface area contributed by atoms with Crippen LogP contribution in [0.4, 0.5) is 0 Å². The van der Waals surface area contributed by atoms with Gasteiger partial charge in [-0.15, -0.1) is 0 Å². The maximum absolute atomic E-state index is 12.2. The summed E-state index contributed by atoms with van der Waals surface area (Å²) in [4.78, 5) is 12.2. The molecule has 0 aliphatic heterocycles. The van der Waals surface area contributed by atoms with Gasteiger partial charge in [-0.2, -0.15) is 10.2 Å². The van der Waals surface area contributed by atoms with Crippen LogP contribution >= 0.6 is 0 Å². The van der Waals surface area contributed by atoms with Crippen LogP contribution in [0.1, 0.15) is 29.8 Å². The Labute approximate surface area is 116 Å². The minimum absolute atomic E-state index is 0.00947. The number of carbonyl (C=O) groups excluding carboxylic acids is 1. The highest BCUT2D eigenvalue weighted by Crippen LogP contribution is 2.24. The van der Waals surface area contributed by atoms with E-state index in [0.29, 0.717) is 11.4 Å². The van der Waals surface area contributed by atoms with E-state index < -0.39 is 0 Å². The van der Waals surface area contributed by atoms with Gasteiger partial charge in [0.25, 0.3) is 5.91 Å². The summed E-state index contributed by atoms with van der Waals surface area (Å²) in [6, 6.07) is 1.73. The average Bonchev–Trinajstić information content (AvgIpc) is 3.13. The molecule has 7 nitrogen and oxygen atoms in total. The highest BCUT2D eigenvalue weighted by atomic mass is 16.5. The molecule has 1 saturated carbocycles. The number of aromatic nitrogens is 4. The van der Waals surface area contributed by atoms with Crippen LogP contribution in [0.3, 0.4) is 0 Å². The number of nitrogens with one attached hydrogen (secondary N) is 2. The summed E-state index contributed by atoms with van der Waals surface area (Å²) in [5.74, 6) is 0.592. The minimum Gasteiger partial charge on any atom is -0.485 e. The molecule has 106 valence electrons. The summed E-state index contributed by atoms with van der Waals surface area (Å²) in [5.41, 5.74) is 0.555. The number of ether oxygens (including phenoxy) is 1. The second-order valence-electron chi connectivity index (χ2n) is 4.94. The van der Waals surface area contributed by atoms with Crippen molar-refractivity contribution in [2.75, 3.05) is 0 Å². The standard InChI is InChI=1S/C13H17N5O2/c1-18-11(5-6-16-18)13(19)17-10-3-2-4-12(10)20-9-7-14-15-8-9/h5-8,10,12H,2-4H2,1H3,(H,14,15)(H,17,19)/t10-,12+/m0/s1. The molecule has 2 N–H and O–H groups in total. The molecular weight excluding hydrogens is 258 g/mol. The molecule has 2 aromatic rings. The summed E-state index contributed by atoms with van der Waals surface area (Å²) in [7, 11) is 1.75. The number of rotatable bonds is 4.